The molecule has 0 saturated carbocycles. The van der Waals surface area contributed by atoms with Crippen LogP contribution in [-0.4, -0.2) is 42.5 Å². The Morgan fingerprint density at radius 1 is 1.12 bits per heavy atom. The molecular weight excluding hydrogens is 326 g/mol. The van der Waals surface area contributed by atoms with E-state index >= 15 is 0 Å². The number of hydrogen-bond donors (Lipinski definition) is 0. The number of nitrogens with zero attached hydrogens (tertiary/aromatic N) is 3. The highest BCUT2D eigenvalue weighted by Crippen LogP contribution is 2.34. The van der Waals surface area contributed by atoms with E-state index in [9.17, 15) is 10.1 Å². The van der Waals surface area contributed by atoms with Crippen LogP contribution in [0.2, 0.25) is 5.02 Å². The maximum absolute atomic E-state index is 11.3. The van der Waals surface area contributed by atoms with Crippen molar-refractivity contribution in [2.75, 3.05) is 37.6 Å². The van der Waals surface area contributed by atoms with E-state index in [1.165, 1.54) is 51.4 Å². The molecule has 2 fully saturated rings. The third kappa shape index (κ3) is 4.39. The van der Waals surface area contributed by atoms with Crippen molar-refractivity contribution in [1.82, 2.24) is 4.90 Å². The predicted octanol–water partition coefficient (Wildman–Crippen LogP) is 4.34. The molecule has 0 aromatic heterocycles. The molecule has 24 heavy (non-hydrogen) atoms. The lowest BCUT2D eigenvalue weighted by Crippen LogP contribution is -2.36. The first-order valence-electron chi connectivity index (χ1n) is 9.05. The Kier molecular flexibility index (Phi) is 5.95. The van der Waals surface area contributed by atoms with Gasteiger partial charge in [-0.2, -0.15) is 0 Å². The van der Waals surface area contributed by atoms with Gasteiger partial charge in [-0.3, -0.25) is 10.1 Å². The summed E-state index contributed by atoms with van der Waals surface area (Å²) >= 11 is 5.91. The molecule has 0 bridgehead atoms. The first-order chi connectivity index (χ1) is 11.6. The lowest BCUT2D eigenvalue weighted by atomic mass is 9.92. The average molecular weight is 352 g/mol. The van der Waals surface area contributed by atoms with Gasteiger partial charge in [0.1, 0.15) is 5.69 Å². The number of hydrogen-bond acceptors (Lipinski definition) is 4. The van der Waals surface area contributed by atoms with Crippen LogP contribution in [-0.2, 0) is 0 Å². The van der Waals surface area contributed by atoms with Crippen LogP contribution >= 0.6 is 11.6 Å². The van der Waals surface area contributed by atoms with Crippen LogP contribution in [0.3, 0.4) is 0 Å². The van der Waals surface area contributed by atoms with Crippen LogP contribution in [0.1, 0.15) is 38.5 Å². The molecule has 3 rings (SSSR count). The number of halogens is 1. The van der Waals surface area contributed by atoms with Gasteiger partial charge in [-0.1, -0.05) is 18.0 Å². The standard InChI is InChI=1S/C18H26ClN3O2/c19-16-4-5-17(18(14-16)22(23)24)21-12-7-15(8-13-21)6-11-20-9-2-1-3-10-20/h4-5,14-15H,1-3,6-13H2. The molecule has 2 saturated heterocycles. The number of likely N-dealkylation sites (tertiary alicyclic amines) is 1. The Balaban J connectivity index is 1.52. The fraction of sp³-hybridized carbons (Fsp3) is 0.667. The highest BCUT2D eigenvalue weighted by molar-refractivity contribution is 6.30. The molecule has 2 heterocycles. The van der Waals surface area contributed by atoms with Gasteiger partial charge >= 0.3 is 0 Å². The van der Waals surface area contributed by atoms with Crippen molar-refractivity contribution in [1.29, 1.82) is 0 Å². The Morgan fingerprint density at radius 3 is 2.50 bits per heavy atom. The number of rotatable bonds is 5. The summed E-state index contributed by atoms with van der Waals surface area (Å²) in [5, 5.41) is 11.7. The minimum absolute atomic E-state index is 0.120. The first-order valence-corrected chi connectivity index (χ1v) is 9.42. The van der Waals surface area contributed by atoms with Gasteiger partial charge in [0.15, 0.2) is 0 Å². The van der Waals surface area contributed by atoms with E-state index in [0.29, 0.717) is 10.7 Å². The van der Waals surface area contributed by atoms with Crippen LogP contribution in [0.25, 0.3) is 0 Å². The first kappa shape index (κ1) is 17.5. The third-order valence-corrected chi connectivity index (χ3v) is 5.63. The van der Waals surface area contributed by atoms with E-state index in [-0.39, 0.29) is 10.6 Å². The monoisotopic (exact) mass is 351 g/mol. The molecule has 1 aromatic rings. The predicted molar refractivity (Wildman–Crippen MR) is 98.0 cm³/mol. The number of nitro groups is 1. The van der Waals surface area contributed by atoms with Gasteiger partial charge in [0.2, 0.25) is 0 Å². The SMILES string of the molecule is O=[N+]([O-])c1cc(Cl)ccc1N1CCC(CCN2CCCCC2)CC1. The molecule has 0 amide bonds. The van der Waals surface area contributed by atoms with Crippen molar-refractivity contribution < 1.29 is 4.92 Å². The van der Waals surface area contributed by atoms with Crippen LogP contribution < -0.4 is 4.90 Å². The highest BCUT2D eigenvalue weighted by atomic mass is 35.5. The van der Waals surface area contributed by atoms with Crippen LogP contribution in [0.15, 0.2) is 18.2 Å². The fourth-order valence-electron chi connectivity index (χ4n) is 3.92. The number of anilines is 1. The Bertz CT molecular complexity index is 567. The van der Waals surface area contributed by atoms with E-state index in [4.69, 9.17) is 11.6 Å². The average Bonchev–Trinajstić information content (AvgIpc) is 2.61. The van der Waals surface area contributed by atoms with Gasteiger partial charge in [-0.15, -0.1) is 0 Å². The molecular formula is C18H26ClN3O2. The van der Waals surface area contributed by atoms with Crippen molar-refractivity contribution in [2.24, 2.45) is 5.92 Å². The van der Waals surface area contributed by atoms with Gasteiger partial charge in [-0.25, -0.2) is 0 Å². The van der Waals surface area contributed by atoms with Crippen molar-refractivity contribution in [3.63, 3.8) is 0 Å². The lowest BCUT2D eigenvalue weighted by molar-refractivity contribution is -0.384. The zero-order valence-electron chi connectivity index (χ0n) is 14.1. The summed E-state index contributed by atoms with van der Waals surface area (Å²) in [6.45, 7) is 5.53. The molecule has 5 nitrogen and oxygen atoms in total. The van der Waals surface area contributed by atoms with E-state index in [1.807, 2.05) is 0 Å². The van der Waals surface area contributed by atoms with Crippen molar-refractivity contribution >= 4 is 23.0 Å². The van der Waals surface area contributed by atoms with Gasteiger partial charge in [0, 0.05) is 24.2 Å². The Morgan fingerprint density at radius 2 is 1.83 bits per heavy atom. The molecule has 2 aliphatic heterocycles. The minimum Gasteiger partial charge on any atom is -0.366 e. The van der Waals surface area contributed by atoms with E-state index in [0.717, 1.165) is 31.8 Å². The molecule has 132 valence electrons. The minimum atomic E-state index is -0.330. The van der Waals surface area contributed by atoms with E-state index < -0.39 is 0 Å². The molecule has 6 heteroatoms. The second-order valence-corrected chi connectivity index (χ2v) is 7.45. The molecule has 0 N–H and O–H groups in total. The smallest absolute Gasteiger partial charge is 0.294 e. The third-order valence-electron chi connectivity index (χ3n) is 5.39. The van der Waals surface area contributed by atoms with Crippen molar-refractivity contribution in [2.45, 2.75) is 38.5 Å². The molecule has 0 aliphatic carbocycles. The summed E-state index contributed by atoms with van der Waals surface area (Å²) in [4.78, 5) is 15.7. The second-order valence-electron chi connectivity index (χ2n) is 7.01. The Labute approximate surface area is 148 Å². The maximum atomic E-state index is 11.3. The summed E-state index contributed by atoms with van der Waals surface area (Å²) in [5.74, 6) is 0.745. The van der Waals surface area contributed by atoms with Gasteiger partial charge in [0.25, 0.3) is 5.69 Å². The van der Waals surface area contributed by atoms with E-state index in [2.05, 4.69) is 9.80 Å². The molecule has 0 atom stereocenters. The molecule has 2 aliphatic rings. The summed E-state index contributed by atoms with van der Waals surface area (Å²) in [6, 6.07) is 4.99. The highest BCUT2D eigenvalue weighted by Gasteiger charge is 2.25. The fourth-order valence-corrected chi connectivity index (χ4v) is 4.09. The number of nitro benzene ring substituents is 1. The van der Waals surface area contributed by atoms with Crippen LogP contribution in [0.5, 0.6) is 0 Å². The van der Waals surface area contributed by atoms with Gasteiger partial charge in [0.05, 0.1) is 4.92 Å². The molecule has 0 radical (unpaired) electrons. The molecule has 0 unspecified atom stereocenters. The zero-order chi connectivity index (χ0) is 16.9. The quantitative estimate of drug-likeness (QED) is 0.585. The van der Waals surface area contributed by atoms with Crippen molar-refractivity contribution in [3.8, 4) is 0 Å². The second kappa shape index (κ2) is 8.17. The summed E-state index contributed by atoms with van der Waals surface area (Å²) < 4.78 is 0. The zero-order valence-corrected chi connectivity index (χ0v) is 14.9. The summed E-state index contributed by atoms with van der Waals surface area (Å²) in [6.07, 6.45) is 7.57. The topological polar surface area (TPSA) is 49.6 Å². The Hall–Kier alpha value is -1.33. The van der Waals surface area contributed by atoms with Crippen LogP contribution in [0.4, 0.5) is 11.4 Å². The molecule has 1 aromatic carbocycles. The summed E-state index contributed by atoms with van der Waals surface area (Å²) in [5.41, 5.74) is 0.827. The van der Waals surface area contributed by atoms with Gasteiger partial charge in [-0.05, 0) is 69.8 Å². The lowest BCUT2D eigenvalue weighted by Gasteiger charge is -2.35. The number of piperidine rings is 2. The normalized spacial score (nSPS) is 20.3. The van der Waals surface area contributed by atoms with Crippen LogP contribution in [0, 0.1) is 16.0 Å². The van der Waals surface area contributed by atoms with Crippen molar-refractivity contribution in [3.05, 3.63) is 33.3 Å². The summed E-state index contributed by atoms with van der Waals surface area (Å²) in [7, 11) is 0. The van der Waals surface area contributed by atoms with E-state index in [1.54, 1.807) is 12.1 Å². The van der Waals surface area contributed by atoms with Gasteiger partial charge < -0.3 is 9.80 Å². The molecule has 0 spiro atoms. The maximum Gasteiger partial charge on any atom is 0.294 e. The largest absolute Gasteiger partial charge is 0.366 e. The number of benzene rings is 1.